The summed E-state index contributed by atoms with van der Waals surface area (Å²) in [5.74, 6) is -1.77. The van der Waals surface area contributed by atoms with Crippen LogP contribution in [0.5, 0.6) is 0 Å². The van der Waals surface area contributed by atoms with Gasteiger partial charge < -0.3 is 4.74 Å². The van der Waals surface area contributed by atoms with Crippen molar-refractivity contribution >= 4 is 27.7 Å². The van der Waals surface area contributed by atoms with Gasteiger partial charge in [-0.3, -0.25) is 19.7 Å². The number of carbonyl (C=O) groups is 2. The van der Waals surface area contributed by atoms with E-state index < -0.39 is 28.8 Å². The summed E-state index contributed by atoms with van der Waals surface area (Å²) in [5, 5.41) is 11.1. The van der Waals surface area contributed by atoms with Crippen LogP contribution in [0.1, 0.15) is 30.7 Å². The topological polar surface area (TPSA) is 86.5 Å². The zero-order valence-corrected chi connectivity index (χ0v) is 13.7. The number of nitrogens with zero attached hydrogens (tertiary/aromatic N) is 1. The number of rotatable bonds is 5. The first-order valence-corrected chi connectivity index (χ1v) is 7.70. The average Bonchev–Trinajstić information content (AvgIpc) is 2.87. The molecule has 0 saturated heterocycles. The van der Waals surface area contributed by atoms with E-state index in [1.807, 2.05) is 0 Å². The van der Waals surface area contributed by atoms with Gasteiger partial charge in [0, 0.05) is 15.8 Å². The van der Waals surface area contributed by atoms with Crippen LogP contribution in [0.3, 0.4) is 0 Å². The zero-order chi connectivity index (χ0) is 16.3. The third kappa shape index (κ3) is 2.90. The number of carbonyl (C=O) groups excluding carboxylic acids is 2. The quantitative estimate of drug-likeness (QED) is 0.344. The Bertz CT molecular complexity index is 600. The molecule has 0 unspecified atom stereocenters. The number of hydrogen-bond donors (Lipinski definition) is 0. The Morgan fingerprint density at radius 2 is 2.09 bits per heavy atom. The summed E-state index contributed by atoms with van der Waals surface area (Å²) in [6, 6.07) is 6.89. The van der Waals surface area contributed by atoms with Crippen LogP contribution in [0.2, 0.25) is 0 Å². The molecule has 1 fully saturated rings. The van der Waals surface area contributed by atoms with Crippen LogP contribution in [0.4, 0.5) is 0 Å². The molecular weight excluding hydrogens is 354 g/mol. The van der Waals surface area contributed by atoms with Crippen molar-refractivity contribution in [2.75, 3.05) is 13.7 Å². The molecule has 1 aliphatic rings. The predicted molar refractivity (Wildman–Crippen MR) is 82.1 cm³/mol. The van der Waals surface area contributed by atoms with Crippen molar-refractivity contribution in [2.45, 2.75) is 25.2 Å². The molecule has 0 N–H and O–H groups in total. The largest absolute Gasteiger partial charge is 0.468 e. The lowest BCUT2D eigenvalue weighted by molar-refractivity contribution is -0.485. The van der Waals surface area contributed by atoms with Crippen LogP contribution in [-0.2, 0) is 14.3 Å². The van der Waals surface area contributed by atoms with Gasteiger partial charge in [-0.2, -0.15) is 0 Å². The Hall–Kier alpha value is -1.76. The molecular formula is C15H16BrNO5. The maximum Gasteiger partial charge on any atom is 0.320 e. The fourth-order valence-corrected chi connectivity index (χ4v) is 3.45. The van der Waals surface area contributed by atoms with Gasteiger partial charge >= 0.3 is 5.97 Å². The van der Waals surface area contributed by atoms with E-state index in [-0.39, 0.29) is 18.6 Å². The van der Waals surface area contributed by atoms with Crippen LogP contribution in [-0.4, -0.2) is 30.3 Å². The fourth-order valence-electron chi connectivity index (χ4n) is 3.19. The van der Waals surface area contributed by atoms with E-state index in [4.69, 9.17) is 4.74 Å². The van der Waals surface area contributed by atoms with Crippen molar-refractivity contribution < 1.29 is 19.2 Å². The number of Topliss-reactive ketones (excluding diaryl/α,β-unsaturated/α-hetero) is 1. The zero-order valence-electron chi connectivity index (χ0n) is 12.1. The molecule has 0 spiro atoms. The first-order valence-electron chi connectivity index (χ1n) is 6.91. The molecule has 1 aromatic rings. The van der Waals surface area contributed by atoms with Gasteiger partial charge in [-0.1, -0.05) is 28.1 Å². The van der Waals surface area contributed by atoms with Crippen molar-refractivity contribution in [1.29, 1.82) is 0 Å². The van der Waals surface area contributed by atoms with Crippen molar-refractivity contribution in [2.24, 2.45) is 5.41 Å². The van der Waals surface area contributed by atoms with Crippen molar-refractivity contribution in [3.63, 3.8) is 0 Å². The van der Waals surface area contributed by atoms with Gasteiger partial charge in [0.15, 0.2) is 5.78 Å². The molecule has 1 aromatic carbocycles. The highest BCUT2D eigenvalue weighted by Crippen LogP contribution is 2.47. The number of hydrogen-bond acceptors (Lipinski definition) is 5. The highest BCUT2D eigenvalue weighted by atomic mass is 79.9. The SMILES string of the molecule is COC(=O)[C@]1([C@H](C[N+](=O)[O-])c2ccc(Br)cc2)CCCC1=O. The van der Waals surface area contributed by atoms with Gasteiger partial charge in [-0.25, -0.2) is 0 Å². The van der Waals surface area contributed by atoms with Crippen LogP contribution < -0.4 is 0 Å². The second kappa shape index (κ2) is 6.56. The Kier molecular flexibility index (Phi) is 4.95. The molecule has 0 bridgehead atoms. The summed E-state index contributed by atoms with van der Waals surface area (Å²) in [6.07, 6.45) is 1.07. The van der Waals surface area contributed by atoms with E-state index in [9.17, 15) is 19.7 Å². The number of nitro groups is 1. The molecule has 22 heavy (non-hydrogen) atoms. The minimum atomic E-state index is -1.45. The van der Waals surface area contributed by atoms with Gasteiger partial charge in [-0.15, -0.1) is 0 Å². The number of esters is 1. The first kappa shape index (κ1) is 16.6. The summed E-state index contributed by atoms with van der Waals surface area (Å²) in [5.41, 5.74) is -0.851. The minimum Gasteiger partial charge on any atom is -0.468 e. The van der Waals surface area contributed by atoms with E-state index >= 15 is 0 Å². The van der Waals surface area contributed by atoms with Crippen molar-refractivity contribution in [3.8, 4) is 0 Å². The van der Waals surface area contributed by atoms with Crippen molar-refractivity contribution in [1.82, 2.24) is 0 Å². The maximum absolute atomic E-state index is 12.4. The van der Waals surface area contributed by atoms with Crippen molar-refractivity contribution in [3.05, 3.63) is 44.4 Å². The number of benzene rings is 1. The number of methoxy groups -OCH3 is 1. The molecule has 118 valence electrons. The fraction of sp³-hybridized carbons (Fsp3) is 0.467. The maximum atomic E-state index is 12.4. The van der Waals surface area contributed by atoms with E-state index in [0.29, 0.717) is 12.0 Å². The second-order valence-corrected chi connectivity index (χ2v) is 6.27. The van der Waals surface area contributed by atoms with E-state index in [2.05, 4.69) is 15.9 Å². The lowest BCUT2D eigenvalue weighted by Gasteiger charge is -2.31. The summed E-state index contributed by atoms with van der Waals surface area (Å²) in [6.45, 7) is -0.484. The molecule has 1 aliphatic carbocycles. The highest BCUT2D eigenvalue weighted by Gasteiger charge is 2.57. The first-order chi connectivity index (χ1) is 10.4. The summed E-state index contributed by atoms with van der Waals surface area (Å²) >= 11 is 3.30. The number of halogens is 1. The predicted octanol–water partition coefficient (Wildman–Crippen LogP) is 2.72. The van der Waals surface area contributed by atoms with Gasteiger partial charge in [0.25, 0.3) is 0 Å². The molecule has 0 aliphatic heterocycles. The molecule has 0 radical (unpaired) electrons. The van der Waals surface area contributed by atoms with Crippen LogP contribution in [0, 0.1) is 15.5 Å². The van der Waals surface area contributed by atoms with Gasteiger partial charge in [0.05, 0.1) is 13.0 Å². The third-order valence-electron chi connectivity index (χ3n) is 4.22. The normalized spacial score (nSPS) is 22.4. The van der Waals surface area contributed by atoms with Gasteiger partial charge in [0.2, 0.25) is 6.54 Å². The molecule has 6 nitrogen and oxygen atoms in total. The van der Waals surface area contributed by atoms with Gasteiger partial charge in [0.1, 0.15) is 5.41 Å². The molecule has 0 amide bonds. The Labute approximate surface area is 136 Å². The molecule has 1 saturated carbocycles. The molecule has 7 heteroatoms. The summed E-state index contributed by atoms with van der Waals surface area (Å²) in [4.78, 5) is 35.4. The standard InChI is InChI=1S/C15H16BrNO5/c1-22-14(19)15(8-2-3-13(15)18)12(9-17(20)21)10-4-6-11(16)7-5-10/h4-7,12H,2-3,8-9H2,1H3/t12-,15+/m1/s1. The number of ketones is 1. The Morgan fingerprint density at radius 3 is 2.55 bits per heavy atom. The summed E-state index contributed by atoms with van der Waals surface area (Å²) < 4.78 is 5.64. The second-order valence-electron chi connectivity index (χ2n) is 5.36. The third-order valence-corrected chi connectivity index (χ3v) is 4.75. The summed E-state index contributed by atoms with van der Waals surface area (Å²) in [7, 11) is 1.21. The monoisotopic (exact) mass is 369 g/mol. The minimum absolute atomic E-state index is 0.250. The molecule has 2 rings (SSSR count). The smallest absolute Gasteiger partial charge is 0.320 e. The van der Waals surface area contributed by atoms with E-state index in [0.717, 1.165) is 4.47 Å². The van der Waals surface area contributed by atoms with E-state index in [1.165, 1.54) is 7.11 Å². The number of ether oxygens (including phenoxy) is 1. The Morgan fingerprint density at radius 1 is 1.45 bits per heavy atom. The Balaban J connectivity index is 2.54. The molecule has 2 atom stereocenters. The lowest BCUT2D eigenvalue weighted by Crippen LogP contribution is -2.44. The van der Waals surface area contributed by atoms with Crippen LogP contribution in [0.25, 0.3) is 0 Å². The molecule has 0 aromatic heterocycles. The van der Waals surface area contributed by atoms with E-state index in [1.54, 1.807) is 24.3 Å². The lowest BCUT2D eigenvalue weighted by atomic mass is 9.70. The van der Waals surface area contributed by atoms with Crippen LogP contribution >= 0.6 is 15.9 Å². The average molecular weight is 370 g/mol. The van der Waals surface area contributed by atoms with Crippen LogP contribution in [0.15, 0.2) is 28.7 Å². The highest BCUT2D eigenvalue weighted by molar-refractivity contribution is 9.10. The molecule has 0 heterocycles. The van der Waals surface area contributed by atoms with Gasteiger partial charge in [-0.05, 0) is 30.5 Å².